The maximum absolute atomic E-state index is 10.5. The van der Waals surface area contributed by atoms with Gasteiger partial charge >= 0.3 is 0 Å². The minimum atomic E-state index is -0.451. The van der Waals surface area contributed by atoms with Crippen LogP contribution >= 0.6 is 47.8 Å². The molecule has 0 aliphatic carbocycles. The van der Waals surface area contributed by atoms with Gasteiger partial charge in [-0.2, -0.15) is 0 Å². The van der Waals surface area contributed by atoms with Crippen LogP contribution in [0.4, 0.5) is 0 Å². The molecule has 0 bridgehead atoms. The third-order valence-electron chi connectivity index (χ3n) is 0.661. The molecule has 8 heavy (non-hydrogen) atoms. The van der Waals surface area contributed by atoms with Gasteiger partial charge in [-0.25, -0.2) is 0 Å². The lowest BCUT2D eigenvalue weighted by atomic mass is 10.3. The number of alkyl halides is 2. The van der Waals surface area contributed by atoms with E-state index in [1.807, 2.05) is 0 Å². The van der Waals surface area contributed by atoms with E-state index in [4.69, 9.17) is 0 Å². The van der Waals surface area contributed by atoms with Crippen LogP contribution in [0, 0.1) is 0 Å². The predicted molar refractivity (Wildman–Crippen MR) is 45.1 cm³/mol. The van der Waals surface area contributed by atoms with Gasteiger partial charge in [-0.1, -0.05) is 31.9 Å². The summed E-state index contributed by atoms with van der Waals surface area (Å²) in [5.41, 5.74) is 0. The van der Waals surface area contributed by atoms with Crippen molar-refractivity contribution in [3.8, 4) is 0 Å². The standard InChI is InChI=1S/C4H5Br3O/c1-4(7,2-5)3(6)8/h2H2,1H3. The Balaban J connectivity index is 3.91. The number of rotatable bonds is 2. The predicted octanol–water partition coefficient (Wildman–Crippen LogP) is 2.46. The number of carbonyl (C=O) groups is 1. The first-order valence-electron chi connectivity index (χ1n) is 1.95. The number of hydrogen-bond acceptors (Lipinski definition) is 1. The van der Waals surface area contributed by atoms with Gasteiger partial charge in [-0.05, 0) is 22.9 Å². The van der Waals surface area contributed by atoms with Crippen molar-refractivity contribution in [3.63, 3.8) is 0 Å². The molecule has 0 saturated heterocycles. The Morgan fingerprint density at radius 2 is 2.12 bits per heavy atom. The van der Waals surface area contributed by atoms with E-state index in [1.54, 1.807) is 6.92 Å². The average molecular weight is 309 g/mol. The Morgan fingerprint density at radius 3 is 2.12 bits per heavy atom. The summed E-state index contributed by atoms with van der Waals surface area (Å²) in [7, 11) is 0. The van der Waals surface area contributed by atoms with Gasteiger partial charge in [0.15, 0.2) is 0 Å². The van der Waals surface area contributed by atoms with Gasteiger partial charge < -0.3 is 0 Å². The fraction of sp³-hybridized carbons (Fsp3) is 0.750. The second-order valence-electron chi connectivity index (χ2n) is 1.60. The molecule has 1 nitrogen and oxygen atoms in total. The molecule has 0 heterocycles. The average Bonchev–Trinajstić information content (AvgIpc) is 1.67. The highest BCUT2D eigenvalue weighted by Gasteiger charge is 2.25. The lowest BCUT2D eigenvalue weighted by molar-refractivity contribution is -0.111. The molecular weight excluding hydrogens is 304 g/mol. The van der Waals surface area contributed by atoms with Gasteiger partial charge in [0, 0.05) is 5.33 Å². The van der Waals surface area contributed by atoms with Crippen molar-refractivity contribution in [1.82, 2.24) is 0 Å². The van der Waals surface area contributed by atoms with Gasteiger partial charge in [0.05, 0.1) is 0 Å². The van der Waals surface area contributed by atoms with Crippen molar-refractivity contribution in [2.75, 3.05) is 5.33 Å². The first-order valence-corrected chi connectivity index (χ1v) is 4.66. The maximum Gasteiger partial charge on any atom is 0.214 e. The summed E-state index contributed by atoms with van der Waals surface area (Å²) in [6, 6.07) is 0. The van der Waals surface area contributed by atoms with E-state index in [2.05, 4.69) is 47.8 Å². The van der Waals surface area contributed by atoms with E-state index < -0.39 is 4.32 Å². The van der Waals surface area contributed by atoms with Crippen LogP contribution in [0.2, 0.25) is 0 Å². The van der Waals surface area contributed by atoms with Gasteiger partial charge in [-0.3, -0.25) is 4.79 Å². The molecule has 0 fully saturated rings. The van der Waals surface area contributed by atoms with E-state index in [9.17, 15) is 4.79 Å². The molecule has 1 atom stereocenters. The number of halogens is 3. The van der Waals surface area contributed by atoms with Crippen LogP contribution in [0.1, 0.15) is 6.92 Å². The molecule has 0 aromatic carbocycles. The molecule has 4 heteroatoms. The highest BCUT2D eigenvalue weighted by molar-refractivity contribution is 9.20. The van der Waals surface area contributed by atoms with Crippen LogP contribution < -0.4 is 0 Å². The van der Waals surface area contributed by atoms with Crippen molar-refractivity contribution in [2.45, 2.75) is 11.2 Å². The molecule has 0 aromatic rings. The zero-order valence-electron chi connectivity index (χ0n) is 4.25. The van der Waals surface area contributed by atoms with E-state index in [0.29, 0.717) is 5.33 Å². The lowest BCUT2D eigenvalue weighted by Crippen LogP contribution is -2.24. The fourth-order valence-corrected chi connectivity index (χ4v) is 0.824. The molecule has 0 N–H and O–H groups in total. The Morgan fingerprint density at radius 1 is 1.75 bits per heavy atom. The van der Waals surface area contributed by atoms with Gasteiger partial charge in [0.1, 0.15) is 4.32 Å². The lowest BCUT2D eigenvalue weighted by Gasteiger charge is -2.11. The molecule has 0 saturated carbocycles. The molecule has 0 amide bonds. The normalized spacial score (nSPS) is 17.5. The quantitative estimate of drug-likeness (QED) is 0.566. The Hall–Kier alpha value is 1.11. The zero-order chi connectivity index (χ0) is 6.78. The van der Waals surface area contributed by atoms with Crippen molar-refractivity contribution in [2.24, 2.45) is 0 Å². The molecule has 0 spiro atoms. The van der Waals surface area contributed by atoms with Gasteiger partial charge in [0.25, 0.3) is 0 Å². The van der Waals surface area contributed by atoms with Crippen LogP contribution in [-0.2, 0) is 4.79 Å². The molecule has 0 radical (unpaired) electrons. The molecule has 0 rings (SSSR count). The smallest absolute Gasteiger partial charge is 0.214 e. The van der Waals surface area contributed by atoms with Crippen LogP contribution in [0.25, 0.3) is 0 Å². The number of carbonyl (C=O) groups excluding carboxylic acids is 1. The second-order valence-corrected chi connectivity index (χ2v) is 4.64. The van der Waals surface area contributed by atoms with Gasteiger partial charge in [0.2, 0.25) is 4.69 Å². The summed E-state index contributed by atoms with van der Waals surface area (Å²) < 4.78 is -0.491. The first-order chi connectivity index (χ1) is 3.50. The Kier molecular flexibility index (Phi) is 3.78. The van der Waals surface area contributed by atoms with Crippen molar-refractivity contribution >= 4 is 52.5 Å². The molecule has 0 aromatic heterocycles. The summed E-state index contributed by atoms with van der Waals surface area (Å²) in [5, 5.41) is 0.615. The number of hydrogen-bond donors (Lipinski definition) is 0. The van der Waals surface area contributed by atoms with Crippen molar-refractivity contribution in [1.29, 1.82) is 0 Å². The van der Waals surface area contributed by atoms with Gasteiger partial charge in [-0.15, -0.1) is 0 Å². The van der Waals surface area contributed by atoms with Crippen LogP contribution in [0.15, 0.2) is 0 Å². The van der Waals surface area contributed by atoms with Crippen LogP contribution in [-0.4, -0.2) is 14.3 Å². The molecule has 0 aliphatic rings. The summed E-state index contributed by atoms with van der Waals surface area (Å²) in [5.74, 6) is 0. The third-order valence-corrected chi connectivity index (χ3v) is 4.58. The van der Waals surface area contributed by atoms with E-state index in [0.717, 1.165) is 0 Å². The SMILES string of the molecule is CC(Br)(CBr)C(=O)Br. The highest BCUT2D eigenvalue weighted by atomic mass is 79.9. The van der Waals surface area contributed by atoms with Crippen molar-refractivity contribution in [3.05, 3.63) is 0 Å². The second kappa shape index (κ2) is 3.32. The monoisotopic (exact) mass is 306 g/mol. The Labute approximate surface area is 73.6 Å². The summed E-state index contributed by atoms with van der Waals surface area (Å²) in [6.45, 7) is 1.79. The maximum atomic E-state index is 10.5. The molecular formula is C4H5Br3O. The molecule has 1 unspecified atom stereocenters. The minimum Gasteiger partial charge on any atom is -0.285 e. The van der Waals surface area contributed by atoms with Crippen LogP contribution in [0.3, 0.4) is 0 Å². The third kappa shape index (κ3) is 2.60. The van der Waals surface area contributed by atoms with E-state index >= 15 is 0 Å². The van der Waals surface area contributed by atoms with Crippen molar-refractivity contribution < 1.29 is 4.79 Å². The first kappa shape index (κ1) is 9.11. The summed E-state index contributed by atoms with van der Waals surface area (Å²) in [4.78, 5) is 10.5. The Bertz CT molecular complexity index is 99.5. The zero-order valence-corrected chi connectivity index (χ0v) is 9.01. The fourth-order valence-electron chi connectivity index (χ4n) is 0.0525. The van der Waals surface area contributed by atoms with Crippen LogP contribution in [0.5, 0.6) is 0 Å². The van der Waals surface area contributed by atoms with E-state index in [1.165, 1.54) is 0 Å². The molecule has 0 aliphatic heterocycles. The highest BCUT2D eigenvalue weighted by Crippen LogP contribution is 2.23. The summed E-state index contributed by atoms with van der Waals surface area (Å²) >= 11 is 9.22. The summed E-state index contributed by atoms with van der Waals surface area (Å²) in [6.07, 6.45) is 0. The van der Waals surface area contributed by atoms with E-state index in [-0.39, 0.29) is 4.69 Å². The topological polar surface area (TPSA) is 17.1 Å². The largest absolute Gasteiger partial charge is 0.285 e. The minimum absolute atomic E-state index is 0.0399. The molecule has 48 valence electrons.